The zero-order valence-corrected chi connectivity index (χ0v) is 14.6. The summed E-state index contributed by atoms with van der Waals surface area (Å²) in [5, 5.41) is 0.274. The van der Waals surface area contributed by atoms with Gasteiger partial charge >= 0.3 is 0 Å². The van der Waals surface area contributed by atoms with Crippen LogP contribution in [0.1, 0.15) is 18.9 Å². The van der Waals surface area contributed by atoms with Crippen LogP contribution in [-0.2, 0) is 9.53 Å². The predicted octanol–water partition coefficient (Wildman–Crippen LogP) is 3.81. The second-order valence-electron chi connectivity index (χ2n) is 4.79. The van der Waals surface area contributed by atoms with Gasteiger partial charge in [-0.1, -0.05) is 11.6 Å². The van der Waals surface area contributed by atoms with E-state index in [1.54, 1.807) is 31.4 Å². The second-order valence-corrected chi connectivity index (χ2v) is 6.22. The molecule has 0 radical (unpaired) electrons. The van der Waals surface area contributed by atoms with Crippen molar-refractivity contribution in [2.24, 2.45) is 0 Å². The lowest BCUT2D eigenvalue weighted by molar-refractivity contribution is -0.122. The number of carbonyl (C=O) groups excluding carboxylic acids is 2. The van der Waals surface area contributed by atoms with Crippen molar-refractivity contribution < 1.29 is 19.1 Å². The Labute approximate surface area is 144 Å². The Morgan fingerprint density at radius 1 is 1.35 bits per heavy atom. The third kappa shape index (κ3) is 4.50. The summed E-state index contributed by atoms with van der Waals surface area (Å²) in [5.74, 6) is 0.335. The number of imide groups is 1. The van der Waals surface area contributed by atoms with Crippen LogP contribution in [0.3, 0.4) is 0 Å². The van der Waals surface area contributed by atoms with Crippen LogP contribution in [0.25, 0.3) is 6.08 Å². The first-order valence-electron chi connectivity index (χ1n) is 7.23. The largest absolute Gasteiger partial charge is 0.493 e. The maximum Gasteiger partial charge on any atom is 0.293 e. The third-order valence-electron chi connectivity index (χ3n) is 3.16. The minimum atomic E-state index is -0.293. The average molecular weight is 356 g/mol. The molecule has 0 saturated carbocycles. The number of amides is 2. The average Bonchev–Trinajstić information content (AvgIpc) is 2.78. The molecular formula is C16H18ClNO4S. The van der Waals surface area contributed by atoms with Gasteiger partial charge in [-0.15, -0.1) is 0 Å². The highest BCUT2D eigenvalue weighted by Gasteiger charge is 2.34. The molecule has 1 aliphatic rings. The zero-order valence-electron chi connectivity index (χ0n) is 13.0. The van der Waals surface area contributed by atoms with Crippen LogP contribution in [-0.4, -0.2) is 42.9 Å². The molecule has 0 aliphatic carbocycles. The van der Waals surface area contributed by atoms with Crippen molar-refractivity contribution >= 4 is 40.6 Å². The maximum absolute atomic E-state index is 12.4. The summed E-state index contributed by atoms with van der Waals surface area (Å²) in [4.78, 5) is 26.0. The smallest absolute Gasteiger partial charge is 0.293 e. The topological polar surface area (TPSA) is 55.8 Å². The van der Waals surface area contributed by atoms with E-state index in [2.05, 4.69) is 0 Å². The Hall–Kier alpha value is -1.50. The molecular weight excluding hydrogens is 338 g/mol. The predicted molar refractivity (Wildman–Crippen MR) is 91.8 cm³/mol. The van der Waals surface area contributed by atoms with Crippen LogP contribution in [0.5, 0.6) is 5.75 Å². The van der Waals surface area contributed by atoms with Crippen LogP contribution >= 0.6 is 23.4 Å². The number of rotatable bonds is 7. The van der Waals surface area contributed by atoms with Crippen molar-refractivity contribution in [2.45, 2.75) is 13.3 Å². The SMILES string of the molecule is CCOc1ccc(Cl)cc1/C=C1\SC(=O)N(CCCOC)C1=O. The second kappa shape index (κ2) is 8.38. The van der Waals surface area contributed by atoms with Crippen molar-refractivity contribution in [1.82, 2.24) is 4.90 Å². The number of carbonyl (C=O) groups is 2. The number of nitrogens with zero attached hydrogens (tertiary/aromatic N) is 1. The quantitative estimate of drug-likeness (QED) is 0.550. The van der Waals surface area contributed by atoms with E-state index >= 15 is 0 Å². The van der Waals surface area contributed by atoms with E-state index in [1.807, 2.05) is 6.92 Å². The first-order chi connectivity index (χ1) is 11.1. The van der Waals surface area contributed by atoms with Gasteiger partial charge in [-0.05, 0) is 49.4 Å². The van der Waals surface area contributed by atoms with Crippen molar-refractivity contribution in [3.8, 4) is 5.75 Å². The van der Waals surface area contributed by atoms with E-state index in [0.29, 0.717) is 47.4 Å². The van der Waals surface area contributed by atoms with Crippen LogP contribution < -0.4 is 4.74 Å². The van der Waals surface area contributed by atoms with E-state index in [9.17, 15) is 9.59 Å². The maximum atomic E-state index is 12.4. The van der Waals surface area contributed by atoms with E-state index in [1.165, 1.54) is 4.90 Å². The lowest BCUT2D eigenvalue weighted by Gasteiger charge is -2.11. The van der Waals surface area contributed by atoms with Crippen molar-refractivity contribution in [1.29, 1.82) is 0 Å². The van der Waals surface area contributed by atoms with Gasteiger partial charge in [0, 0.05) is 30.8 Å². The lowest BCUT2D eigenvalue weighted by atomic mass is 10.2. The van der Waals surface area contributed by atoms with Gasteiger partial charge in [-0.3, -0.25) is 14.5 Å². The zero-order chi connectivity index (χ0) is 16.8. The molecule has 0 spiro atoms. The van der Waals surface area contributed by atoms with Gasteiger partial charge in [-0.25, -0.2) is 0 Å². The van der Waals surface area contributed by atoms with Crippen molar-refractivity contribution in [3.05, 3.63) is 33.7 Å². The summed E-state index contributed by atoms with van der Waals surface area (Å²) >= 11 is 6.94. The third-order valence-corrected chi connectivity index (χ3v) is 4.30. The van der Waals surface area contributed by atoms with Gasteiger partial charge in [0.15, 0.2) is 0 Å². The highest BCUT2D eigenvalue weighted by molar-refractivity contribution is 8.18. The van der Waals surface area contributed by atoms with Crippen LogP contribution in [0, 0.1) is 0 Å². The van der Waals surface area contributed by atoms with E-state index in [0.717, 1.165) is 11.8 Å². The number of benzene rings is 1. The number of methoxy groups -OCH3 is 1. The molecule has 1 aromatic carbocycles. The lowest BCUT2D eigenvalue weighted by Crippen LogP contribution is -2.29. The summed E-state index contributed by atoms with van der Waals surface area (Å²) in [7, 11) is 1.59. The van der Waals surface area contributed by atoms with Gasteiger partial charge in [-0.2, -0.15) is 0 Å². The van der Waals surface area contributed by atoms with E-state index in [4.69, 9.17) is 21.1 Å². The molecule has 1 aliphatic heterocycles. The molecule has 2 amide bonds. The Kier molecular flexibility index (Phi) is 6.50. The molecule has 5 nitrogen and oxygen atoms in total. The van der Waals surface area contributed by atoms with E-state index in [-0.39, 0.29) is 11.1 Å². The van der Waals surface area contributed by atoms with Gasteiger partial charge < -0.3 is 9.47 Å². The summed E-state index contributed by atoms with van der Waals surface area (Å²) < 4.78 is 10.5. The molecule has 0 atom stereocenters. The van der Waals surface area contributed by atoms with Crippen LogP contribution in [0.15, 0.2) is 23.1 Å². The standard InChI is InChI=1S/C16H18ClNO4S/c1-3-22-13-6-5-12(17)9-11(13)10-14-15(19)18(16(20)23-14)7-4-8-21-2/h5-6,9-10H,3-4,7-8H2,1-2H3/b14-10-. The Morgan fingerprint density at radius 2 is 2.13 bits per heavy atom. The highest BCUT2D eigenvalue weighted by atomic mass is 35.5. The minimum absolute atomic E-state index is 0.266. The Morgan fingerprint density at radius 3 is 2.83 bits per heavy atom. The van der Waals surface area contributed by atoms with Crippen LogP contribution in [0.4, 0.5) is 4.79 Å². The summed E-state index contributed by atoms with van der Waals surface area (Å²) in [6.45, 7) is 3.23. The minimum Gasteiger partial charge on any atom is -0.493 e. The Balaban J connectivity index is 2.22. The molecule has 0 unspecified atom stereocenters. The van der Waals surface area contributed by atoms with Gasteiger partial charge in [0.25, 0.3) is 11.1 Å². The number of thioether (sulfide) groups is 1. The molecule has 0 aromatic heterocycles. The molecule has 7 heteroatoms. The molecule has 0 bridgehead atoms. The number of hydrogen-bond acceptors (Lipinski definition) is 5. The Bertz CT molecular complexity index is 633. The first kappa shape index (κ1) is 17.8. The van der Waals surface area contributed by atoms with Gasteiger partial charge in [0.2, 0.25) is 0 Å². The fraction of sp³-hybridized carbons (Fsp3) is 0.375. The number of halogens is 1. The van der Waals surface area contributed by atoms with Gasteiger partial charge in [0.1, 0.15) is 5.75 Å². The van der Waals surface area contributed by atoms with Crippen molar-refractivity contribution in [3.63, 3.8) is 0 Å². The first-order valence-corrected chi connectivity index (χ1v) is 8.43. The molecule has 1 saturated heterocycles. The van der Waals surface area contributed by atoms with Gasteiger partial charge in [0.05, 0.1) is 11.5 Å². The summed E-state index contributed by atoms with van der Waals surface area (Å²) in [6, 6.07) is 5.19. The molecule has 0 N–H and O–H groups in total. The molecule has 2 rings (SSSR count). The molecule has 124 valence electrons. The number of ether oxygens (including phenoxy) is 2. The monoisotopic (exact) mass is 355 g/mol. The van der Waals surface area contributed by atoms with E-state index < -0.39 is 0 Å². The molecule has 1 fully saturated rings. The fourth-order valence-corrected chi connectivity index (χ4v) is 3.16. The highest BCUT2D eigenvalue weighted by Crippen LogP contribution is 2.34. The fourth-order valence-electron chi connectivity index (χ4n) is 2.12. The number of hydrogen-bond donors (Lipinski definition) is 0. The normalized spacial score (nSPS) is 16.5. The summed E-state index contributed by atoms with van der Waals surface area (Å²) in [6.07, 6.45) is 2.27. The molecule has 1 aromatic rings. The van der Waals surface area contributed by atoms with Crippen LogP contribution in [0.2, 0.25) is 5.02 Å². The molecule has 1 heterocycles. The summed E-state index contributed by atoms with van der Waals surface area (Å²) in [5.41, 5.74) is 0.682. The van der Waals surface area contributed by atoms with Crippen molar-refractivity contribution in [2.75, 3.05) is 26.9 Å². The molecule has 23 heavy (non-hydrogen) atoms.